The predicted molar refractivity (Wildman–Crippen MR) is 76.5 cm³/mol. The Kier molecular flexibility index (Phi) is 3.97. The molecule has 0 fully saturated rings. The molecule has 1 aromatic carbocycles. The summed E-state index contributed by atoms with van der Waals surface area (Å²) in [6, 6.07) is 5.64. The van der Waals surface area contributed by atoms with Crippen LogP contribution in [0.1, 0.15) is 17.1 Å². The second-order valence-electron chi connectivity index (χ2n) is 4.09. The minimum atomic E-state index is 0.709. The van der Waals surface area contributed by atoms with Gasteiger partial charge in [-0.05, 0) is 41.1 Å². The maximum atomic E-state index is 6.04. The Morgan fingerprint density at radius 3 is 2.72 bits per heavy atom. The van der Waals surface area contributed by atoms with E-state index in [0.29, 0.717) is 5.02 Å². The monoisotopic (exact) mass is 328 g/mol. The van der Waals surface area contributed by atoms with Gasteiger partial charge in [0.25, 0.3) is 0 Å². The van der Waals surface area contributed by atoms with Gasteiger partial charge in [-0.2, -0.15) is 0 Å². The van der Waals surface area contributed by atoms with E-state index in [1.54, 1.807) is 7.11 Å². The molecule has 1 aromatic heterocycles. The first-order valence-electron chi connectivity index (χ1n) is 5.53. The molecule has 2 rings (SSSR count). The molecular weight excluding hydrogens is 316 g/mol. The van der Waals surface area contributed by atoms with Gasteiger partial charge in [0.1, 0.15) is 16.2 Å². The normalized spacial score (nSPS) is 10.7. The summed E-state index contributed by atoms with van der Waals surface area (Å²) in [5.74, 6) is 1.81. The van der Waals surface area contributed by atoms with Crippen LogP contribution in [-0.4, -0.2) is 16.7 Å². The summed E-state index contributed by atoms with van der Waals surface area (Å²) in [6.45, 7) is 1.98. The van der Waals surface area contributed by atoms with Crippen molar-refractivity contribution in [2.45, 2.75) is 13.3 Å². The van der Waals surface area contributed by atoms with Crippen molar-refractivity contribution >= 4 is 27.5 Å². The highest BCUT2D eigenvalue weighted by Crippen LogP contribution is 2.27. The van der Waals surface area contributed by atoms with Crippen LogP contribution >= 0.6 is 27.5 Å². The highest BCUT2D eigenvalue weighted by Gasteiger charge is 2.13. The van der Waals surface area contributed by atoms with Gasteiger partial charge in [-0.1, -0.05) is 11.6 Å². The van der Waals surface area contributed by atoms with Crippen molar-refractivity contribution in [1.29, 1.82) is 0 Å². The summed E-state index contributed by atoms with van der Waals surface area (Å²) < 4.78 is 8.28. The smallest absolute Gasteiger partial charge is 0.127 e. The summed E-state index contributed by atoms with van der Waals surface area (Å²) in [4.78, 5) is 4.39. The number of hydrogen-bond acceptors (Lipinski definition) is 2. The van der Waals surface area contributed by atoms with E-state index in [4.69, 9.17) is 16.3 Å². The maximum Gasteiger partial charge on any atom is 0.127 e. The first kappa shape index (κ1) is 13.4. The third-order valence-electron chi connectivity index (χ3n) is 2.99. The SMILES string of the molecule is COc1ccc(Cl)cc1Cc1c(Br)nc(C)n1C. The van der Waals surface area contributed by atoms with E-state index in [-0.39, 0.29) is 0 Å². The van der Waals surface area contributed by atoms with Crippen LogP contribution < -0.4 is 4.74 Å². The standard InChI is InChI=1S/C13H14BrClN2O/c1-8-16-13(14)11(17(8)2)7-9-6-10(15)4-5-12(9)18-3/h4-6H,7H2,1-3H3. The Morgan fingerprint density at radius 1 is 1.44 bits per heavy atom. The molecule has 0 amide bonds. The zero-order valence-electron chi connectivity index (χ0n) is 10.5. The number of aromatic nitrogens is 2. The number of ether oxygens (including phenoxy) is 1. The lowest BCUT2D eigenvalue weighted by Crippen LogP contribution is -2.01. The third-order valence-corrected chi connectivity index (χ3v) is 3.86. The molecule has 0 aliphatic heterocycles. The molecule has 0 atom stereocenters. The molecule has 0 radical (unpaired) electrons. The Morgan fingerprint density at radius 2 is 2.17 bits per heavy atom. The Labute approximate surface area is 120 Å². The second kappa shape index (κ2) is 5.33. The molecule has 96 valence electrons. The lowest BCUT2D eigenvalue weighted by molar-refractivity contribution is 0.410. The van der Waals surface area contributed by atoms with Crippen LogP contribution in [0.2, 0.25) is 5.02 Å². The molecule has 3 nitrogen and oxygen atoms in total. The van der Waals surface area contributed by atoms with Crippen LogP contribution in [-0.2, 0) is 13.5 Å². The van der Waals surface area contributed by atoms with E-state index >= 15 is 0 Å². The van der Waals surface area contributed by atoms with Gasteiger partial charge in [0.15, 0.2) is 0 Å². The number of rotatable bonds is 3. The third kappa shape index (κ3) is 2.54. The van der Waals surface area contributed by atoms with Gasteiger partial charge in [-0.25, -0.2) is 4.98 Å². The molecule has 1 heterocycles. The summed E-state index contributed by atoms with van der Waals surface area (Å²) in [6.07, 6.45) is 0.724. The van der Waals surface area contributed by atoms with E-state index in [9.17, 15) is 0 Å². The second-order valence-corrected chi connectivity index (χ2v) is 5.28. The van der Waals surface area contributed by atoms with E-state index in [2.05, 4.69) is 25.5 Å². The fraction of sp³-hybridized carbons (Fsp3) is 0.308. The van der Waals surface area contributed by atoms with Crippen molar-refractivity contribution in [2.24, 2.45) is 7.05 Å². The Balaban J connectivity index is 2.42. The molecule has 18 heavy (non-hydrogen) atoms. The molecule has 0 spiro atoms. The summed E-state index contributed by atoms with van der Waals surface area (Å²) in [5, 5.41) is 0.709. The van der Waals surface area contributed by atoms with Gasteiger partial charge in [0, 0.05) is 24.1 Å². The Bertz CT molecular complexity index is 581. The van der Waals surface area contributed by atoms with Crippen LogP contribution in [0.3, 0.4) is 0 Å². The fourth-order valence-corrected chi connectivity index (χ4v) is 2.73. The number of methoxy groups -OCH3 is 1. The fourth-order valence-electron chi connectivity index (χ4n) is 1.87. The van der Waals surface area contributed by atoms with Crippen molar-refractivity contribution < 1.29 is 4.74 Å². The van der Waals surface area contributed by atoms with E-state index in [1.165, 1.54) is 0 Å². The first-order chi connectivity index (χ1) is 8.52. The van der Waals surface area contributed by atoms with Crippen LogP contribution in [0.15, 0.2) is 22.8 Å². The number of nitrogens with zero attached hydrogens (tertiary/aromatic N) is 2. The van der Waals surface area contributed by atoms with E-state index < -0.39 is 0 Å². The van der Waals surface area contributed by atoms with Gasteiger partial charge in [-0.15, -0.1) is 0 Å². The van der Waals surface area contributed by atoms with Crippen molar-refractivity contribution in [3.05, 3.63) is 44.9 Å². The molecule has 0 N–H and O–H groups in total. The average molecular weight is 330 g/mol. The summed E-state index contributed by atoms with van der Waals surface area (Å²) >= 11 is 9.52. The zero-order chi connectivity index (χ0) is 13.3. The van der Waals surface area contributed by atoms with Crippen molar-refractivity contribution in [3.8, 4) is 5.75 Å². The predicted octanol–water partition coefficient (Wildman–Crippen LogP) is 3.74. The minimum Gasteiger partial charge on any atom is -0.496 e. The molecule has 0 saturated carbocycles. The average Bonchev–Trinajstić information content (AvgIpc) is 2.56. The molecule has 0 bridgehead atoms. The van der Waals surface area contributed by atoms with E-state index in [1.807, 2.05) is 32.2 Å². The van der Waals surface area contributed by atoms with Crippen LogP contribution in [0.5, 0.6) is 5.75 Å². The number of hydrogen-bond donors (Lipinski definition) is 0. The molecule has 0 aliphatic rings. The van der Waals surface area contributed by atoms with Gasteiger partial charge in [0.05, 0.1) is 12.8 Å². The van der Waals surface area contributed by atoms with Gasteiger partial charge in [-0.3, -0.25) is 0 Å². The number of aryl methyl sites for hydroxylation is 1. The van der Waals surface area contributed by atoms with Gasteiger partial charge in [0.2, 0.25) is 0 Å². The van der Waals surface area contributed by atoms with Crippen LogP contribution in [0.4, 0.5) is 0 Å². The highest BCUT2D eigenvalue weighted by atomic mass is 79.9. The van der Waals surface area contributed by atoms with Crippen LogP contribution in [0.25, 0.3) is 0 Å². The minimum absolute atomic E-state index is 0.709. The zero-order valence-corrected chi connectivity index (χ0v) is 12.8. The lowest BCUT2D eigenvalue weighted by atomic mass is 10.1. The molecular formula is C13H14BrClN2O. The Hall–Kier alpha value is -1.00. The van der Waals surface area contributed by atoms with Crippen molar-refractivity contribution in [3.63, 3.8) is 0 Å². The molecule has 5 heteroatoms. The summed E-state index contributed by atoms with van der Waals surface area (Å²) in [5.41, 5.74) is 2.15. The van der Waals surface area contributed by atoms with Crippen molar-refractivity contribution in [2.75, 3.05) is 7.11 Å². The summed E-state index contributed by atoms with van der Waals surface area (Å²) in [7, 11) is 3.66. The molecule has 2 aromatic rings. The topological polar surface area (TPSA) is 27.1 Å². The maximum absolute atomic E-state index is 6.04. The van der Waals surface area contributed by atoms with Crippen LogP contribution in [0, 0.1) is 6.92 Å². The quantitative estimate of drug-likeness (QED) is 0.857. The molecule has 0 unspecified atom stereocenters. The van der Waals surface area contributed by atoms with Crippen molar-refractivity contribution in [1.82, 2.24) is 9.55 Å². The highest BCUT2D eigenvalue weighted by molar-refractivity contribution is 9.10. The largest absolute Gasteiger partial charge is 0.496 e. The number of benzene rings is 1. The number of halogens is 2. The van der Waals surface area contributed by atoms with Gasteiger partial charge < -0.3 is 9.30 Å². The first-order valence-corrected chi connectivity index (χ1v) is 6.70. The van der Waals surface area contributed by atoms with E-state index in [0.717, 1.165) is 33.9 Å². The molecule has 0 aliphatic carbocycles. The lowest BCUT2D eigenvalue weighted by Gasteiger charge is -2.10. The molecule has 0 saturated heterocycles. The number of imidazole rings is 1. The van der Waals surface area contributed by atoms with Gasteiger partial charge >= 0.3 is 0 Å².